The van der Waals surface area contributed by atoms with Gasteiger partial charge in [0.15, 0.2) is 0 Å². The maximum atomic E-state index is 11.8. The Bertz CT molecular complexity index is 818. The molecule has 0 radical (unpaired) electrons. The predicted octanol–water partition coefficient (Wildman–Crippen LogP) is 3.45. The first kappa shape index (κ1) is 13.4. The number of fused-ring (bicyclic) bond motifs is 1. The third kappa shape index (κ3) is 2.40. The molecule has 0 bridgehead atoms. The largest absolute Gasteiger partial charge is 0.366 e. The molecule has 21 heavy (non-hydrogen) atoms. The fourth-order valence-corrected chi connectivity index (χ4v) is 2.49. The summed E-state index contributed by atoms with van der Waals surface area (Å²) in [4.78, 5) is 11.8. The van der Waals surface area contributed by atoms with Crippen molar-refractivity contribution in [3.05, 3.63) is 53.7 Å². The van der Waals surface area contributed by atoms with E-state index in [1.807, 2.05) is 36.4 Å². The quantitative estimate of drug-likeness (QED) is 0.770. The van der Waals surface area contributed by atoms with Crippen LogP contribution in [0.5, 0.6) is 0 Å². The van der Waals surface area contributed by atoms with E-state index < -0.39 is 5.91 Å². The molecular formula is C17H17N3O. The Morgan fingerprint density at radius 2 is 2.00 bits per heavy atom. The van der Waals surface area contributed by atoms with Gasteiger partial charge in [-0.15, -0.1) is 0 Å². The van der Waals surface area contributed by atoms with Crippen LogP contribution in [0.15, 0.2) is 42.6 Å². The lowest BCUT2D eigenvalue weighted by Gasteiger charge is -2.12. The number of hydrogen-bond acceptors (Lipinski definition) is 2. The predicted molar refractivity (Wildman–Crippen MR) is 84.1 cm³/mol. The van der Waals surface area contributed by atoms with Gasteiger partial charge in [-0.05, 0) is 40.8 Å². The van der Waals surface area contributed by atoms with Gasteiger partial charge in [-0.1, -0.05) is 32.0 Å². The molecule has 1 heterocycles. The van der Waals surface area contributed by atoms with Gasteiger partial charge in [0.2, 0.25) is 5.91 Å². The van der Waals surface area contributed by atoms with E-state index in [1.54, 1.807) is 6.20 Å². The summed E-state index contributed by atoms with van der Waals surface area (Å²) in [6, 6.07) is 11.8. The smallest absolute Gasteiger partial charge is 0.249 e. The van der Waals surface area contributed by atoms with E-state index in [-0.39, 0.29) is 0 Å². The van der Waals surface area contributed by atoms with Crippen molar-refractivity contribution in [1.82, 2.24) is 10.2 Å². The lowest BCUT2D eigenvalue weighted by molar-refractivity contribution is 0.100. The van der Waals surface area contributed by atoms with E-state index in [4.69, 9.17) is 5.73 Å². The summed E-state index contributed by atoms with van der Waals surface area (Å²) in [5.41, 5.74) is 10.0. The Labute approximate surface area is 123 Å². The average Bonchev–Trinajstić information content (AvgIpc) is 2.93. The fraction of sp³-hybridized carbons (Fsp3) is 0.176. The van der Waals surface area contributed by atoms with Crippen LogP contribution < -0.4 is 5.73 Å². The van der Waals surface area contributed by atoms with Gasteiger partial charge in [-0.25, -0.2) is 0 Å². The molecule has 3 aromatic rings. The molecule has 3 rings (SSSR count). The van der Waals surface area contributed by atoms with Crippen LogP contribution in [-0.2, 0) is 0 Å². The molecule has 0 atom stereocenters. The lowest BCUT2D eigenvalue weighted by atomic mass is 9.93. The molecule has 3 N–H and O–H groups in total. The van der Waals surface area contributed by atoms with Gasteiger partial charge in [0, 0.05) is 10.9 Å². The van der Waals surface area contributed by atoms with Gasteiger partial charge in [0.1, 0.15) is 0 Å². The Kier molecular flexibility index (Phi) is 3.22. The number of aromatic amines is 1. The highest BCUT2D eigenvalue weighted by atomic mass is 16.1. The topological polar surface area (TPSA) is 71.8 Å². The van der Waals surface area contributed by atoms with Crippen LogP contribution in [-0.4, -0.2) is 16.1 Å². The first-order chi connectivity index (χ1) is 10.1. The maximum Gasteiger partial charge on any atom is 0.249 e. The molecule has 2 aromatic carbocycles. The third-order valence-electron chi connectivity index (χ3n) is 3.73. The molecule has 0 spiro atoms. The third-order valence-corrected chi connectivity index (χ3v) is 3.73. The Morgan fingerprint density at radius 3 is 2.71 bits per heavy atom. The van der Waals surface area contributed by atoms with Gasteiger partial charge in [0.05, 0.1) is 11.7 Å². The Balaban J connectivity index is 2.18. The second-order valence-electron chi connectivity index (χ2n) is 5.50. The van der Waals surface area contributed by atoms with E-state index in [2.05, 4.69) is 24.0 Å². The van der Waals surface area contributed by atoms with Crippen molar-refractivity contribution in [3.8, 4) is 11.1 Å². The van der Waals surface area contributed by atoms with Gasteiger partial charge < -0.3 is 5.73 Å². The molecule has 0 aliphatic rings. The van der Waals surface area contributed by atoms with Gasteiger partial charge in [-0.3, -0.25) is 9.89 Å². The number of primary amides is 1. The van der Waals surface area contributed by atoms with Crippen molar-refractivity contribution < 1.29 is 4.79 Å². The molecule has 0 fully saturated rings. The number of H-pyrrole nitrogens is 1. The number of nitrogens with zero attached hydrogens (tertiary/aromatic N) is 1. The second-order valence-corrected chi connectivity index (χ2v) is 5.50. The van der Waals surface area contributed by atoms with Crippen molar-refractivity contribution in [1.29, 1.82) is 0 Å². The fourth-order valence-electron chi connectivity index (χ4n) is 2.49. The number of nitrogens with one attached hydrogen (secondary N) is 1. The molecule has 0 saturated heterocycles. The van der Waals surface area contributed by atoms with Crippen LogP contribution in [0.2, 0.25) is 0 Å². The first-order valence-electron chi connectivity index (χ1n) is 6.93. The minimum atomic E-state index is -0.403. The van der Waals surface area contributed by atoms with Gasteiger partial charge >= 0.3 is 0 Å². The lowest BCUT2D eigenvalue weighted by Crippen LogP contribution is -2.13. The van der Waals surface area contributed by atoms with Crippen LogP contribution in [0.4, 0.5) is 0 Å². The van der Waals surface area contributed by atoms with Crippen molar-refractivity contribution >= 4 is 16.8 Å². The van der Waals surface area contributed by atoms with Crippen LogP contribution in [0.25, 0.3) is 22.0 Å². The molecule has 4 heteroatoms. The standard InChI is InChI=1S/C17H17N3O/c1-10(2)11-3-5-14(15(8-11)17(18)21)12-4-6-16-13(7-12)9-19-20-16/h3-10H,1-2H3,(H2,18,21)(H,19,20). The van der Waals surface area contributed by atoms with Crippen LogP contribution in [0, 0.1) is 0 Å². The highest BCUT2D eigenvalue weighted by Gasteiger charge is 2.13. The molecule has 0 saturated carbocycles. The maximum absolute atomic E-state index is 11.8. The van der Waals surface area contributed by atoms with Gasteiger partial charge in [-0.2, -0.15) is 5.10 Å². The molecule has 0 aliphatic heterocycles. The SMILES string of the molecule is CC(C)c1ccc(-c2ccc3[nH]ncc3c2)c(C(N)=O)c1. The first-order valence-corrected chi connectivity index (χ1v) is 6.93. The van der Waals surface area contributed by atoms with Crippen molar-refractivity contribution in [2.75, 3.05) is 0 Å². The molecule has 0 aliphatic carbocycles. The molecule has 1 aromatic heterocycles. The summed E-state index contributed by atoms with van der Waals surface area (Å²) in [6.07, 6.45) is 1.77. The zero-order chi connectivity index (χ0) is 15.0. The molecule has 106 valence electrons. The summed E-state index contributed by atoms with van der Waals surface area (Å²) < 4.78 is 0. The Hall–Kier alpha value is -2.62. The summed E-state index contributed by atoms with van der Waals surface area (Å²) >= 11 is 0. The molecule has 4 nitrogen and oxygen atoms in total. The van der Waals surface area contributed by atoms with Crippen LogP contribution in [0.1, 0.15) is 35.7 Å². The van der Waals surface area contributed by atoms with E-state index in [9.17, 15) is 4.79 Å². The van der Waals surface area contributed by atoms with E-state index in [0.29, 0.717) is 11.5 Å². The number of aromatic nitrogens is 2. The van der Waals surface area contributed by atoms with Crippen molar-refractivity contribution in [2.45, 2.75) is 19.8 Å². The van der Waals surface area contributed by atoms with Crippen LogP contribution >= 0.6 is 0 Å². The van der Waals surface area contributed by atoms with Gasteiger partial charge in [0.25, 0.3) is 0 Å². The number of benzene rings is 2. The number of nitrogens with two attached hydrogens (primary N) is 1. The van der Waals surface area contributed by atoms with E-state index in [0.717, 1.165) is 27.6 Å². The van der Waals surface area contributed by atoms with Crippen LogP contribution in [0.3, 0.4) is 0 Å². The van der Waals surface area contributed by atoms with Crippen molar-refractivity contribution in [2.24, 2.45) is 5.73 Å². The monoisotopic (exact) mass is 279 g/mol. The number of rotatable bonds is 3. The number of carbonyl (C=O) groups excluding carboxylic acids is 1. The van der Waals surface area contributed by atoms with E-state index in [1.165, 1.54) is 0 Å². The summed E-state index contributed by atoms with van der Waals surface area (Å²) in [6.45, 7) is 4.19. The minimum absolute atomic E-state index is 0.355. The van der Waals surface area contributed by atoms with E-state index >= 15 is 0 Å². The molecule has 1 amide bonds. The second kappa shape index (κ2) is 5.05. The average molecular weight is 279 g/mol. The number of carbonyl (C=O) groups is 1. The highest BCUT2D eigenvalue weighted by Crippen LogP contribution is 2.29. The molecule has 0 unspecified atom stereocenters. The normalized spacial score (nSPS) is 11.2. The number of hydrogen-bond donors (Lipinski definition) is 2. The molecular weight excluding hydrogens is 262 g/mol. The summed E-state index contributed by atoms with van der Waals surface area (Å²) in [5, 5.41) is 7.94. The minimum Gasteiger partial charge on any atom is -0.366 e. The Morgan fingerprint density at radius 1 is 1.19 bits per heavy atom. The highest BCUT2D eigenvalue weighted by molar-refractivity contribution is 6.01. The number of amides is 1. The summed E-state index contributed by atoms with van der Waals surface area (Å²) in [5.74, 6) is -0.0479. The summed E-state index contributed by atoms with van der Waals surface area (Å²) in [7, 11) is 0. The zero-order valence-corrected chi connectivity index (χ0v) is 12.1. The zero-order valence-electron chi connectivity index (χ0n) is 12.1. The van der Waals surface area contributed by atoms with Crippen molar-refractivity contribution in [3.63, 3.8) is 0 Å².